The summed E-state index contributed by atoms with van der Waals surface area (Å²) in [5, 5.41) is 6.77. The Morgan fingerprint density at radius 2 is 1.86 bits per heavy atom. The predicted molar refractivity (Wildman–Crippen MR) is 90.1 cm³/mol. The van der Waals surface area contributed by atoms with Crippen molar-refractivity contribution >= 4 is 23.2 Å². The summed E-state index contributed by atoms with van der Waals surface area (Å²) in [4.78, 5) is 14.3. The average molecular weight is 311 g/mol. The molecule has 2 fully saturated rings. The highest BCUT2D eigenvalue weighted by Crippen LogP contribution is 2.35. The first-order chi connectivity index (χ1) is 9.85. The number of piperidine rings is 1. The Morgan fingerprint density at radius 1 is 1.19 bits per heavy atom. The Labute approximate surface area is 134 Å². The molecule has 120 valence electrons. The number of nitrogens with one attached hydrogen (secondary N) is 2. The van der Waals surface area contributed by atoms with Crippen molar-refractivity contribution in [1.82, 2.24) is 15.5 Å². The van der Waals surface area contributed by atoms with E-state index in [1.54, 1.807) is 0 Å². The molecule has 1 aliphatic carbocycles. The van der Waals surface area contributed by atoms with Crippen molar-refractivity contribution in [2.75, 3.05) is 19.6 Å². The van der Waals surface area contributed by atoms with Crippen LogP contribution in [0.2, 0.25) is 0 Å². The minimum atomic E-state index is -0.0758. The normalized spacial score (nSPS) is 26.0. The van der Waals surface area contributed by atoms with Gasteiger partial charge in [0, 0.05) is 18.6 Å². The lowest BCUT2D eigenvalue weighted by Gasteiger charge is -2.41. The van der Waals surface area contributed by atoms with E-state index in [2.05, 4.69) is 31.4 Å². The molecule has 2 aliphatic rings. The van der Waals surface area contributed by atoms with Crippen molar-refractivity contribution in [1.29, 1.82) is 0 Å². The van der Waals surface area contributed by atoms with Gasteiger partial charge in [0.15, 0.2) is 5.11 Å². The van der Waals surface area contributed by atoms with E-state index in [0.717, 1.165) is 24.9 Å². The summed E-state index contributed by atoms with van der Waals surface area (Å²) in [5.41, 5.74) is -0.0758. The van der Waals surface area contributed by atoms with E-state index in [1.165, 1.54) is 32.1 Å². The van der Waals surface area contributed by atoms with Crippen LogP contribution in [0, 0.1) is 11.8 Å². The molecule has 1 saturated carbocycles. The number of carbonyl (C=O) groups is 1. The van der Waals surface area contributed by atoms with Gasteiger partial charge in [-0.3, -0.25) is 4.79 Å². The summed E-state index contributed by atoms with van der Waals surface area (Å²) < 4.78 is 0. The molecular formula is C16H29N3OS. The third-order valence-corrected chi connectivity index (χ3v) is 4.78. The molecule has 1 heterocycles. The molecule has 2 unspecified atom stereocenters. The van der Waals surface area contributed by atoms with E-state index in [9.17, 15) is 4.79 Å². The Balaban J connectivity index is 1.75. The summed E-state index contributed by atoms with van der Waals surface area (Å²) in [5.74, 6) is 1.77. The maximum Gasteiger partial charge on any atom is 0.241 e. The molecule has 1 saturated heterocycles. The molecule has 5 heteroatoms. The van der Waals surface area contributed by atoms with Crippen molar-refractivity contribution < 1.29 is 4.79 Å². The molecule has 0 aromatic rings. The fraction of sp³-hybridized carbons (Fsp3) is 0.875. The third kappa shape index (κ3) is 5.13. The van der Waals surface area contributed by atoms with Crippen LogP contribution in [0.15, 0.2) is 0 Å². The zero-order valence-corrected chi connectivity index (χ0v) is 14.4. The highest BCUT2D eigenvalue weighted by atomic mass is 32.1. The van der Waals surface area contributed by atoms with Gasteiger partial charge in [-0.2, -0.15) is 0 Å². The van der Waals surface area contributed by atoms with E-state index in [0.29, 0.717) is 11.7 Å². The molecule has 0 aromatic heterocycles. The Hall–Kier alpha value is -0.840. The number of fused-ring (bicyclic) bond motifs is 1. The van der Waals surface area contributed by atoms with Crippen LogP contribution in [-0.4, -0.2) is 41.1 Å². The van der Waals surface area contributed by atoms with Crippen LogP contribution < -0.4 is 10.6 Å². The highest BCUT2D eigenvalue weighted by Gasteiger charge is 2.32. The van der Waals surface area contributed by atoms with E-state index < -0.39 is 0 Å². The zero-order valence-electron chi connectivity index (χ0n) is 13.6. The number of amides is 1. The second-order valence-electron chi connectivity index (χ2n) is 7.49. The van der Waals surface area contributed by atoms with Crippen molar-refractivity contribution in [2.45, 2.75) is 58.4 Å². The number of rotatable bonds is 2. The smallest absolute Gasteiger partial charge is 0.241 e. The summed E-state index contributed by atoms with van der Waals surface area (Å²) in [7, 11) is 0. The molecule has 2 atom stereocenters. The van der Waals surface area contributed by atoms with Crippen LogP contribution in [0.25, 0.3) is 0 Å². The second kappa shape index (κ2) is 6.95. The van der Waals surface area contributed by atoms with Crippen LogP contribution in [0.3, 0.4) is 0 Å². The first kappa shape index (κ1) is 16.5. The molecule has 4 nitrogen and oxygen atoms in total. The lowest BCUT2D eigenvalue weighted by atomic mass is 9.75. The predicted octanol–water partition coefficient (Wildman–Crippen LogP) is 2.29. The monoisotopic (exact) mass is 311 g/mol. The topological polar surface area (TPSA) is 44.4 Å². The maximum atomic E-state index is 12.3. The van der Waals surface area contributed by atoms with Gasteiger partial charge >= 0.3 is 0 Å². The van der Waals surface area contributed by atoms with Crippen LogP contribution in [-0.2, 0) is 4.79 Å². The Morgan fingerprint density at radius 3 is 2.52 bits per heavy atom. The van der Waals surface area contributed by atoms with Crippen LogP contribution in [0.5, 0.6) is 0 Å². The Bertz CT molecular complexity index is 391. The lowest BCUT2D eigenvalue weighted by molar-refractivity contribution is -0.133. The highest BCUT2D eigenvalue weighted by molar-refractivity contribution is 7.80. The molecule has 21 heavy (non-hydrogen) atoms. The number of carbonyl (C=O) groups excluding carboxylic acids is 1. The summed E-state index contributed by atoms with van der Waals surface area (Å²) in [6.45, 7) is 8.33. The minimum Gasteiger partial charge on any atom is -0.358 e. The van der Waals surface area contributed by atoms with Gasteiger partial charge in [-0.15, -0.1) is 0 Å². The molecule has 1 aliphatic heterocycles. The molecule has 2 N–H and O–H groups in total. The quantitative estimate of drug-likeness (QED) is 0.768. The van der Waals surface area contributed by atoms with Crippen molar-refractivity contribution in [3.05, 3.63) is 0 Å². The van der Waals surface area contributed by atoms with Crippen LogP contribution in [0.1, 0.15) is 52.9 Å². The Kier molecular flexibility index (Phi) is 5.47. The molecule has 0 spiro atoms. The van der Waals surface area contributed by atoms with Gasteiger partial charge in [0.1, 0.15) is 0 Å². The number of likely N-dealkylation sites (tertiary alicyclic amines) is 1. The van der Waals surface area contributed by atoms with Gasteiger partial charge < -0.3 is 15.5 Å². The van der Waals surface area contributed by atoms with Crippen molar-refractivity contribution in [3.63, 3.8) is 0 Å². The summed E-state index contributed by atoms with van der Waals surface area (Å²) in [6.07, 6.45) is 6.56. The van der Waals surface area contributed by atoms with Gasteiger partial charge in [0.25, 0.3) is 0 Å². The number of nitrogens with zero attached hydrogens (tertiary/aromatic N) is 1. The fourth-order valence-corrected chi connectivity index (χ4v) is 3.86. The van der Waals surface area contributed by atoms with Gasteiger partial charge in [-0.25, -0.2) is 0 Å². The van der Waals surface area contributed by atoms with Crippen LogP contribution >= 0.6 is 12.2 Å². The van der Waals surface area contributed by atoms with Gasteiger partial charge in [-0.1, -0.05) is 19.3 Å². The van der Waals surface area contributed by atoms with E-state index in [-0.39, 0.29) is 11.4 Å². The SMILES string of the molecule is CC(C)(C)NC(=S)NCC(=O)N1CCC2CCCCC2C1. The minimum absolute atomic E-state index is 0.0758. The number of hydrogen-bond acceptors (Lipinski definition) is 2. The summed E-state index contributed by atoms with van der Waals surface area (Å²) >= 11 is 5.22. The molecule has 0 aromatic carbocycles. The van der Waals surface area contributed by atoms with Gasteiger partial charge in [0.05, 0.1) is 6.54 Å². The molecule has 0 bridgehead atoms. The van der Waals surface area contributed by atoms with Gasteiger partial charge in [-0.05, 0) is 57.7 Å². The lowest BCUT2D eigenvalue weighted by Crippen LogP contribution is -2.51. The average Bonchev–Trinajstić information content (AvgIpc) is 2.42. The number of hydrogen-bond donors (Lipinski definition) is 2. The largest absolute Gasteiger partial charge is 0.358 e. The molecule has 2 rings (SSSR count). The van der Waals surface area contributed by atoms with E-state index in [4.69, 9.17) is 12.2 Å². The second-order valence-corrected chi connectivity index (χ2v) is 7.90. The maximum absolute atomic E-state index is 12.3. The van der Waals surface area contributed by atoms with E-state index in [1.807, 2.05) is 4.90 Å². The van der Waals surface area contributed by atoms with Gasteiger partial charge in [0.2, 0.25) is 5.91 Å². The zero-order chi connectivity index (χ0) is 15.5. The molecule has 0 radical (unpaired) electrons. The van der Waals surface area contributed by atoms with E-state index >= 15 is 0 Å². The van der Waals surface area contributed by atoms with Crippen molar-refractivity contribution in [2.24, 2.45) is 11.8 Å². The summed E-state index contributed by atoms with van der Waals surface area (Å²) in [6, 6.07) is 0. The molecule has 1 amide bonds. The number of thiocarbonyl (C=S) groups is 1. The molecular weight excluding hydrogens is 282 g/mol. The fourth-order valence-electron chi connectivity index (χ4n) is 3.48. The van der Waals surface area contributed by atoms with Crippen LogP contribution in [0.4, 0.5) is 0 Å². The third-order valence-electron chi connectivity index (χ3n) is 4.53. The van der Waals surface area contributed by atoms with Crippen molar-refractivity contribution in [3.8, 4) is 0 Å². The first-order valence-corrected chi connectivity index (χ1v) is 8.60. The first-order valence-electron chi connectivity index (χ1n) is 8.19. The standard InChI is InChI=1S/C16H29N3OS/c1-16(2,3)18-15(21)17-10-14(20)19-9-8-12-6-4-5-7-13(12)11-19/h12-13H,4-11H2,1-3H3,(H2,17,18,21).